The largest absolute Gasteiger partial charge is 0.490 e. The summed E-state index contributed by atoms with van der Waals surface area (Å²) in [6, 6.07) is 10.8. The van der Waals surface area contributed by atoms with Crippen molar-refractivity contribution in [1.82, 2.24) is 0 Å². The third-order valence-electron chi connectivity index (χ3n) is 8.02. The Morgan fingerprint density at radius 3 is 2.27 bits per heavy atom. The minimum atomic E-state index is -1.04. The van der Waals surface area contributed by atoms with Gasteiger partial charge in [-0.05, 0) is 50.8 Å². The molecule has 0 aromatic heterocycles. The molecule has 1 aliphatic rings. The lowest BCUT2D eigenvalue weighted by atomic mass is 9.78. The van der Waals surface area contributed by atoms with Gasteiger partial charge in [-0.3, -0.25) is 10.1 Å². The molecule has 2 aromatic carbocycles. The van der Waals surface area contributed by atoms with E-state index in [1.54, 1.807) is 20.3 Å². The van der Waals surface area contributed by atoms with Crippen LogP contribution in [0.15, 0.2) is 30.3 Å². The monoisotopic (exact) mass is 612 g/mol. The highest BCUT2D eigenvalue weighted by atomic mass is 16.6. The second-order valence-electron chi connectivity index (χ2n) is 11.4. The Morgan fingerprint density at radius 1 is 1.00 bits per heavy atom. The summed E-state index contributed by atoms with van der Waals surface area (Å²) in [7, 11) is 3.10. The van der Waals surface area contributed by atoms with Crippen LogP contribution in [-0.2, 0) is 5.41 Å². The van der Waals surface area contributed by atoms with Crippen LogP contribution < -0.4 is 28.4 Å². The molecule has 0 spiro atoms. The predicted molar refractivity (Wildman–Crippen MR) is 168 cm³/mol. The summed E-state index contributed by atoms with van der Waals surface area (Å²) in [4.78, 5) is 11.8. The number of unbranched alkanes of at least 4 members (excludes halogenated alkanes) is 4. The maximum absolute atomic E-state index is 12.1. The van der Waals surface area contributed by atoms with E-state index < -0.39 is 17.6 Å². The minimum absolute atomic E-state index is 0.211. The number of hydrogen-bond donors (Lipinski definition) is 0. The number of para-hydroxylation sites is 2. The summed E-state index contributed by atoms with van der Waals surface area (Å²) in [5.74, 6) is 2.96. The molecule has 44 heavy (non-hydrogen) atoms. The highest BCUT2D eigenvalue weighted by molar-refractivity contribution is 5.65. The molecule has 1 aliphatic heterocycles. The van der Waals surface area contributed by atoms with Crippen molar-refractivity contribution in [3.05, 3.63) is 46.0 Å². The van der Waals surface area contributed by atoms with Crippen LogP contribution in [0, 0.1) is 21.4 Å². The molecule has 10 nitrogen and oxygen atoms in total. The molecule has 0 radical (unpaired) electrons. The van der Waals surface area contributed by atoms with Crippen LogP contribution in [-0.4, -0.2) is 51.1 Å². The zero-order valence-corrected chi connectivity index (χ0v) is 26.9. The molecule has 3 atom stereocenters. The summed E-state index contributed by atoms with van der Waals surface area (Å²) in [5.41, 5.74) is -0.413. The van der Waals surface area contributed by atoms with Crippen molar-refractivity contribution in [2.45, 2.75) is 103 Å². The molecule has 3 rings (SSSR count). The fraction of sp³-hybridized carbons (Fsp3) is 0.618. The Morgan fingerprint density at radius 2 is 1.66 bits per heavy atom. The average Bonchev–Trinajstić information content (AvgIpc) is 3.04. The van der Waals surface area contributed by atoms with Crippen LogP contribution in [0.25, 0.3) is 0 Å². The standard InChI is InChI=1S/C34H48N2O8/c1-6-8-12-19-41-30-22-27(31(42-20-13-9-7-2)33(40-5)32(30)39-4)34(3,24-35)18-14-15-25(36(37)38)21-26-23-43-28-16-10-11-17-29(28)44-26/h10-11,16-17,22,25-26H,6-9,12-15,18-21,23H2,1-5H3. The summed E-state index contributed by atoms with van der Waals surface area (Å²) >= 11 is 0. The van der Waals surface area contributed by atoms with Gasteiger partial charge in [0.05, 0.1) is 45.3 Å². The SMILES string of the molecule is CCCCCOc1cc(C(C)(C#N)CCCC(CC2COc3ccccc3O2)[N+](=O)[O-])c(OCCCCC)c(OC)c1OC. The first kappa shape index (κ1) is 34.6. The fourth-order valence-corrected chi connectivity index (χ4v) is 5.43. The number of ether oxygens (including phenoxy) is 6. The smallest absolute Gasteiger partial charge is 0.216 e. The van der Waals surface area contributed by atoms with Gasteiger partial charge in [-0.1, -0.05) is 51.7 Å². The van der Waals surface area contributed by atoms with Crippen molar-refractivity contribution in [3.63, 3.8) is 0 Å². The molecular weight excluding hydrogens is 564 g/mol. The number of nitrogens with zero attached hydrogens (tertiary/aromatic N) is 2. The van der Waals surface area contributed by atoms with Gasteiger partial charge in [-0.15, -0.1) is 0 Å². The van der Waals surface area contributed by atoms with Gasteiger partial charge >= 0.3 is 0 Å². The molecule has 0 amide bonds. The lowest BCUT2D eigenvalue weighted by Crippen LogP contribution is -2.35. The van der Waals surface area contributed by atoms with E-state index in [1.165, 1.54) is 0 Å². The van der Waals surface area contributed by atoms with E-state index in [0.29, 0.717) is 66.1 Å². The molecule has 0 fully saturated rings. The van der Waals surface area contributed by atoms with Gasteiger partial charge in [0.15, 0.2) is 23.0 Å². The topological polar surface area (TPSA) is 122 Å². The summed E-state index contributed by atoms with van der Waals surface area (Å²) < 4.78 is 35.7. The molecule has 0 saturated carbocycles. The van der Waals surface area contributed by atoms with Crippen molar-refractivity contribution < 1.29 is 33.3 Å². The maximum atomic E-state index is 12.1. The highest BCUT2D eigenvalue weighted by Gasteiger charge is 2.36. The molecule has 2 aromatic rings. The Bertz CT molecular complexity index is 1250. The van der Waals surface area contributed by atoms with Crippen molar-refractivity contribution in [3.8, 4) is 40.6 Å². The summed E-state index contributed by atoms with van der Waals surface area (Å²) in [5, 5.41) is 22.6. The van der Waals surface area contributed by atoms with Crippen molar-refractivity contribution in [2.24, 2.45) is 0 Å². The highest BCUT2D eigenvalue weighted by Crippen LogP contribution is 2.51. The van der Waals surface area contributed by atoms with Crippen LogP contribution in [0.1, 0.15) is 90.5 Å². The van der Waals surface area contributed by atoms with Gasteiger partial charge in [-0.2, -0.15) is 5.26 Å². The van der Waals surface area contributed by atoms with Gasteiger partial charge in [0.2, 0.25) is 17.5 Å². The first-order valence-electron chi connectivity index (χ1n) is 15.8. The van der Waals surface area contributed by atoms with Crippen LogP contribution in [0.2, 0.25) is 0 Å². The summed E-state index contributed by atoms with van der Waals surface area (Å²) in [6.07, 6.45) is 6.75. The van der Waals surface area contributed by atoms with Crippen LogP contribution in [0.5, 0.6) is 34.5 Å². The quantitative estimate of drug-likeness (QED) is 0.0842. The first-order valence-corrected chi connectivity index (χ1v) is 15.8. The number of nitro groups is 1. The number of rotatable bonds is 20. The van der Waals surface area contributed by atoms with Gasteiger partial charge in [0.1, 0.15) is 12.7 Å². The van der Waals surface area contributed by atoms with E-state index in [-0.39, 0.29) is 24.4 Å². The average molecular weight is 613 g/mol. The molecule has 0 saturated heterocycles. The molecule has 242 valence electrons. The van der Waals surface area contributed by atoms with E-state index in [4.69, 9.17) is 28.4 Å². The second kappa shape index (κ2) is 17.4. The van der Waals surface area contributed by atoms with E-state index in [2.05, 4.69) is 19.9 Å². The molecule has 0 N–H and O–H groups in total. The van der Waals surface area contributed by atoms with Gasteiger partial charge in [0.25, 0.3) is 0 Å². The lowest BCUT2D eigenvalue weighted by Gasteiger charge is -2.29. The lowest BCUT2D eigenvalue weighted by molar-refractivity contribution is -0.526. The van der Waals surface area contributed by atoms with E-state index in [0.717, 1.165) is 38.5 Å². The molecule has 3 unspecified atom stereocenters. The third-order valence-corrected chi connectivity index (χ3v) is 8.02. The van der Waals surface area contributed by atoms with Crippen LogP contribution in [0.3, 0.4) is 0 Å². The van der Waals surface area contributed by atoms with Gasteiger partial charge < -0.3 is 28.4 Å². The number of benzene rings is 2. The molecule has 0 aliphatic carbocycles. The van der Waals surface area contributed by atoms with Crippen molar-refractivity contribution >= 4 is 0 Å². The van der Waals surface area contributed by atoms with E-state index in [1.807, 2.05) is 31.2 Å². The number of hydrogen-bond acceptors (Lipinski definition) is 9. The van der Waals surface area contributed by atoms with E-state index >= 15 is 0 Å². The Kier molecular flexibility index (Phi) is 13.7. The normalized spacial score (nSPS) is 15.9. The van der Waals surface area contributed by atoms with Gasteiger partial charge in [-0.25, -0.2) is 0 Å². The zero-order valence-electron chi connectivity index (χ0n) is 26.9. The maximum Gasteiger partial charge on any atom is 0.216 e. The molecule has 1 heterocycles. The Balaban J connectivity index is 1.83. The predicted octanol–water partition coefficient (Wildman–Crippen LogP) is 7.67. The Hall–Kier alpha value is -3.87. The zero-order chi connectivity index (χ0) is 32.0. The third kappa shape index (κ3) is 9.07. The first-order chi connectivity index (χ1) is 21.3. The van der Waals surface area contributed by atoms with Crippen molar-refractivity contribution in [1.29, 1.82) is 5.26 Å². The van der Waals surface area contributed by atoms with Crippen LogP contribution in [0.4, 0.5) is 0 Å². The summed E-state index contributed by atoms with van der Waals surface area (Å²) in [6.45, 7) is 7.29. The Labute approximate surface area is 261 Å². The number of methoxy groups -OCH3 is 2. The molecular formula is C34H48N2O8. The second-order valence-corrected chi connectivity index (χ2v) is 11.4. The molecule has 0 bridgehead atoms. The van der Waals surface area contributed by atoms with Gasteiger partial charge in [0, 0.05) is 16.9 Å². The van der Waals surface area contributed by atoms with Crippen LogP contribution >= 0.6 is 0 Å². The van der Waals surface area contributed by atoms with E-state index in [9.17, 15) is 15.4 Å². The fourth-order valence-electron chi connectivity index (χ4n) is 5.43. The molecule has 10 heteroatoms. The number of fused-ring (bicyclic) bond motifs is 1. The minimum Gasteiger partial charge on any atom is -0.490 e. The van der Waals surface area contributed by atoms with Crippen molar-refractivity contribution in [2.75, 3.05) is 34.0 Å². The number of nitriles is 1.